The van der Waals surface area contributed by atoms with E-state index in [-0.39, 0.29) is 11.7 Å². The summed E-state index contributed by atoms with van der Waals surface area (Å²) < 4.78 is 3.53. The molecule has 0 radical (unpaired) electrons. The van der Waals surface area contributed by atoms with Crippen molar-refractivity contribution in [2.75, 3.05) is 13.1 Å². The summed E-state index contributed by atoms with van der Waals surface area (Å²) in [6.07, 6.45) is 0.706. The first-order valence-corrected chi connectivity index (χ1v) is 8.69. The first-order valence-electron chi connectivity index (χ1n) is 8.69. The molecular weight excluding hydrogens is 318 g/mol. The van der Waals surface area contributed by atoms with Gasteiger partial charge in [-0.2, -0.15) is 0 Å². The Bertz CT molecular complexity index is 1000. The van der Waals surface area contributed by atoms with Crippen LogP contribution in [0.5, 0.6) is 0 Å². The number of aliphatic hydroxyl groups is 1. The largest absolute Gasteiger partial charge is 0.393 e. The minimum atomic E-state index is -0.287. The zero-order chi connectivity index (χ0) is 17.7. The minimum Gasteiger partial charge on any atom is -0.393 e. The highest BCUT2D eigenvalue weighted by molar-refractivity contribution is 5.81. The molecule has 1 aliphatic heterocycles. The van der Waals surface area contributed by atoms with Crippen molar-refractivity contribution in [3.63, 3.8) is 0 Å². The molecule has 0 aliphatic carbocycles. The molecule has 0 saturated carbocycles. The van der Waals surface area contributed by atoms with Crippen LogP contribution >= 0.6 is 0 Å². The number of aryl methyl sites for hydroxylation is 2. The van der Waals surface area contributed by atoms with Gasteiger partial charge in [-0.1, -0.05) is 11.6 Å². The van der Waals surface area contributed by atoms with Crippen LogP contribution in [0.4, 0.5) is 0 Å². The van der Waals surface area contributed by atoms with E-state index in [2.05, 4.69) is 15.1 Å². The maximum atomic E-state index is 12.6. The molecule has 0 spiro atoms. The molecule has 4 rings (SSSR count). The van der Waals surface area contributed by atoms with E-state index in [1.54, 1.807) is 11.6 Å². The summed E-state index contributed by atoms with van der Waals surface area (Å²) in [7, 11) is 1.73. The maximum Gasteiger partial charge on any atom is 0.262 e. The predicted molar refractivity (Wildman–Crippen MR) is 95.5 cm³/mol. The van der Waals surface area contributed by atoms with Crippen LogP contribution in [0, 0.1) is 12.8 Å². The second-order valence-electron chi connectivity index (χ2n) is 7.16. The van der Waals surface area contributed by atoms with E-state index >= 15 is 0 Å². The molecule has 1 saturated heterocycles. The molecule has 7 nitrogen and oxygen atoms in total. The van der Waals surface area contributed by atoms with Crippen molar-refractivity contribution in [3.05, 3.63) is 39.9 Å². The summed E-state index contributed by atoms with van der Waals surface area (Å²) in [5.41, 5.74) is 1.84. The van der Waals surface area contributed by atoms with Crippen LogP contribution in [0.25, 0.3) is 16.7 Å². The third kappa shape index (κ3) is 2.63. The molecule has 3 aromatic rings. The van der Waals surface area contributed by atoms with Crippen LogP contribution in [-0.2, 0) is 13.6 Å². The lowest BCUT2D eigenvalue weighted by Gasteiger charge is -2.17. The Morgan fingerprint density at radius 1 is 1.36 bits per heavy atom. The highest BCUT2D eigenvalue weighted by atomic mass is 16.3. The lowest BCUT2D eigenvalue weighted by atomic mass is 10.0. The van der Waals surface area contributed by atoms with E-state index in [1.807, 2.05) is 36.4 Å². The number of benzene rings is 1. The number of hydrogen-bond donors (Lipinski definition) is 1. The van der Waals surface area contributed by atoms with E-state index < -0.39 is 0 Å². The Morgan fingerprint density at radius 2 is 2.16 bits per heavy atom. The van der Waals surface area contributed by atoms with Crippen LogP contribution < -0.4 is 5.56 Å². The van der Waals surface area contributed by atoms with Gasteiger partial charge < -0.3 is 5.11 Å². The van der Waals surface area contributed by atoms with E-state index in [4.69, 9.17) is 0 Å². The van der Waals surface area contributed by atoms with E-state index in [1.165, 1.54) is 0 Å². The SMILES string of the molecule is Cc1ccc2c(c1)c(=O)n(C)c1nnc(CN3CCC(C(C)O)C3)n21. The topological polar surface area (TPSA) is 75.7 Å². The van der Waals surface area contributed by atoms with Gasteiger partial charge in [-0.15, -0.1) is 10.2 Å². The van der Waals surface area contributed by atoms with Crippen molar-refractivity contribution >= 4 is 16.7 Å². The number of hydrogen-bond acceptors (Lipinski definition) is 5. The van der Waals surface area contributed by atoms with E-state index in [0.717, 1.165) is 36.4 Å². The number of likely N-dealkylation sites (tertiary alicyclic amines) is 1. The molecule has 7 heteroatoms. The standard InChI is InChI=1S/C18H23N5O2/c1-11-4-5-15-14(8-11)17(25)21(3)18-20-19-16(23(15)18)10-22-7-6-13(9-22)12(2)24/h4-5,8,12-13,24H,6-7,9-10H2,1-3H3. The van der Waals surface area contributed by atoms with E-state index in [0.29, 0.717) is 23.6 Å². The third-order valence-electron chi connectivity index (χ3n) is 5.30. The number of fused-ring (bicyclic) bond motifs is 3. The molecule has 2 aromatic heterocycles. The van der Waals surface area contributed by atoms with Crippen LogP contribution in [0.3, 0.4) is 0 Å². The summed E-state index contributed by atoms with van der Waals surface area (Å²) in [6, 6.07) is 5.89. The zero-order valence-electron chi connectivity index (χ0n) is 14.8. The highest BCUT2D eigenvalue weighted by Crippen LogP contribution is 2.22. The van der Waals surface area contributed by atoms with Crippen molar-refractivity contribution in [3.8, 4) is 0 Å². The number of rotatable bonds is 3. The summed E-state index contributed by atoms with van der Waals surface area (Å²) in [5, 5.41) is 19.1. The van der Waals surface area contributed by atoms with Crippen LogP contribution in [0.2, 0.25) is 0 Å². The maximum absolute atomic E-state index is 12.6. The quantitative estimate of drug-likeness (QED) is 0.772. The lowest BCUT2D eigenvalue weighted by molar-refractivity contribution is 0.127. The van der Waals surface area contributed by atoms with E-state index in [9.17, 15) is 9.90 Å². The molecule has 1 fully saturated rings. The molecule has 1 aliphatic rings. The normalized spacial score (nSPS) is 19.9. The van der Waals surface area contributed by atoms with Crippen LogP contribution in [-0.4, -0.2) is 48.4 Å². The average Bonchev–Trinajstić information content (AvgIpc) is 3.21. The minimum absolute atomic E-state index is 0.0551. The summed E-state index contributed by atoms with van der Waals surface area (Å²) >= 11 is 0. The second-order valence-corrected chi connectivity index (χ2v) is 7.16. The van der Waals surface area contributed by atoms with Gasteiger partial charge in [0.2, 0.25) is 5.78 Å². The summed E-state index contributed by atoms with van der Waals surface area (Å²) in [6.45, 7) is 6.29. The van der Waals surface area contributed by atoms with Gasteiger partial charge in [0.1, 0.15) is 0 Å². The van der Waals surface area contributed by atoms with Crippen molar-refractivity contribution in [2.45, 2.75) is 32.9 Å². The smallest absolute Gasteiger partial charge is 0.262 e. The fourth-order valence-electron chi connectivity index (χ4n) is 3.76. The fraction of sp³-hybridized carbons (Fsp3) is 0.500. The molecule has 2 unspecified atom stereocenters. The Balaban J connectivity index is 1.81. The van der Waals surface area contributed by atoms with Gasteiger partial charge in [0.15, 0.2) is 5.82 Å². The van der Waals surface area contributed by atoms with Crippen molar-refractivity contribution in [1.82, 2.24) is 24.1 Å². The van der Waals surface area contributed by atoms with Gasteiger partial charge in [0.05, 0.1) is 23.6 Å². The molecule has 3 heterocycles. The van der Waals surface area contributed by atoms with Crippen molar-refractivity contribution in [1.29, 1.82) is 0 Å². The van der Waals surface area contributed by atoms with Crippen LogP contribution in [0.15, 0.2) is 23.0 Å². The first-order chi connectivity index (χ1) is 12.0. The zero-order valence-corrected chi connectivity index (χ0v) is 14.8. The number of nitrogens with zero attached hydrogens (tertiary/aromatic N) is 5. The number of aliphatic hydroxyl groups excluding tert-OH is 1. The Kier molecular flexibility index (Phi) is 3.85. The second kappa shape index (κ2) is 5.93. The third-order valence-corrected chi connectivity index (χ3v) is 5.30. The summed E-state index contributed by atoms with van der Waals surface area (Å²) in [5.74, 6) is 1.69. The van der Waals surface area contributed by atoms with Crippen molar-refractivity contribution < 1.29 is 5.11 Å². The molecule has 2 atom stereocenters. The molecule has 1 aromatic carbocycles. The summed E-state index contributed by atoms with van der Waals surface area (Å²) in [4.78, 5) is 14.9. The van der Waals surface area contributed by atoms with Gasteiger partial charge in [-0.25, -0.2) is 0 Å². The van der Waals surface area contributed by atoms with Gasteiger partial charge in [0.25, 0.3) is 5.56 Å². The van der Waals surface area contributed by atoms with Gasteiger partial charge in [-0.3, -0.25) is 18.7 Å². The predicted octanol–water partition coefficient (Wildman–Crippen LogP) is 1.09. The molecule has 1 N–H and O–H groups in total. The molecule has 0 bridgehead atoms. The number of aromatic nitrogens is 4. The fourth-order valence-corrected chi connectivity index (χ4v) is 3.76. The molecular formula is C18H23N5O2. The lowest BCUT2D eigenvalue weighted by Crippen LogP contribution is -2.25. The monoisotopic (exact) mass is 341 g/mol. The van der Waals surface area contributed by atoms with Gasteiger partial charge >= 0.3 is 0 Å². The Hall–Kier alpha value is -2.25. The first kappa shape index (κ1) is 16.2. The van der Waals surface area contributed by atoms with Gasteiger partial charge in [-0.05, 0) is 44.9 Å². The molecule has 0 amide bonds. The highest BCUT2D eigenvalue weighted by Gasteiger charge is 2.27. The molecule has 132 valence electrons. The van der Waals surface area contributed by atoms with Crippen LogP contribution in [0.1, 0.15) is 24.7 Å². The van der Waals surface area contributed by atoms with Gasteiger partial charge in [0, 0.05) is 13.6 Å². The van der Waals surface area contributed by atoms with Crippen molar-refractivity contribution in [2.24, 2.45) is 13.0 Å². The Labute approximate surface area is 145 Å². The molecule has 25 heavy (non-hydrogen) atoms. The average molecular weight is 341 g/mol. The Morgan fingerprint density at radius 3 is 2.88 bits per heavy atom.